The Kier molecular flexibility index (Phi) is 5.27. The lowest BCUT2D eigenvalue weighted by atomic mass is 10.2. The summed E-state index contributed by atoms with van der Waals surface area (Å²) in [6.45, 7) is -0.0912. The molecule has 0 saturated heterocycles. The standard InChI is InChI=1S/C19H18N2O5S/c1-21(27(2,23)24)17-11-7-6-10-16(17)19(22)26-13-15-12-25-18(20-15)14-8-4-3-5-9-14/h3-12H,13H2,1-2H3. The van der Waals surface area contributed by atoms with Crippen LogP contribution < -0.4 is 4.31 Å². The predicted molar refractivity (Wildman–Crippen MR) is 101 cm³/mol. The Morgan fingerprint density at radius 2 is 1.78 bits per heavy atom. The van der Waals surface area contributed by atoms with Gasteiger partial charge >= 0.3 is 5.97 Å². The molecule has 0 amide bonds. The summed E-state index contributed by atoms with van der Waals surface area (Å²) in [5.41, 5.74) is 1.67. The third-order valence-electron chi connectivity index (χ3n) is 3.88. The molecule has 3 aromatic rings. The van der Waals surface area contributed by atoms with Gasteiger partial charge in [0.2, 0.25) is 15.9 Å². The maximum Gasteiger partial charge on any atom is 0.340 e. The average molecular weight is 386 g/mol. The van der Waals surface area contributed by atoms with Gasteiger partial charge in [0.1, 0.15) is 18.6 Å². The van der Waals surface area contributed by atoms with Gasteiger partial charge in [-0.1, -0.05) is 30.3 Å². The third kappa shape index (κ3) is 4.35. The van der Waals surface area contributed by atoms with E-state index in [4.69, 9.17) is 9.15 Å². The van der Waals surface area contributed by atoms with Crippen LogP contribution in [-0.4, -0.2) is 32.7 Å². The summed E-state index contributed by atoms with van der Waals surface area (Å²) in [5.74, 6) is -0.218. The first-order chi connectivity index (χ1) is 12.9. The average Bonchev–Trinajstić information content (AvgIpc) is 3.14. The molecule has 7 nitrogen and oxygen atoms in total. The van der Waals surface area contributed by atoms with E-state index in [1.54, 1.807) is 18.2 Å². The van der Waals surface area contributed by atoms with E-state index in [0.29, 0.717) is 11.6 Å². The van der Waals surface area contributed by atoms with E-state index < -0.39 is 16.0 Å². The Balaban J connectivity index is 1.73. The molecule has 8 heteroatoms. The fraction of sp³-hybridized carbons (Fsp3) is 0.158. The van der Waals surface area contributed by atoms with Crippen molar-refractivity contribution in [2.24, 2.45) is 0 Å². The second-order valence-electron chi connectivity index (χ2n) is 5.83. The van der Waals surface area contributed by atoms with Gasteiger partial charge in [-0.25, -0.2) is 18.2 Å². The van der Waals surface area contributed by atoms with Crippen molar-refractivity contribution < 1.29 is 22.4 Å². The van der Waals surface area contributed by atoms with Gasteiger partial charge in [0.15, 0.2) is 0 Å². The molecule has 0 N–H and O–H groups in total. The number of aromatic nitrogens is 1. The summed E-state index contributed by atoms with van der Waals surface area (Å²) in [7, 11) is -2.13. The van der Waals surface area contributed by atoms with Crippen molar-refractivity contribution in [1.82, 2.24) is 4.98 Å². The summed E-state index contributed by atoms with van der Waals surface area (Å²) >= 11 is 0. The molecule has 0 fully saturated rings. The van der Waals surface area contributed by atoms with E-state index in [9.17, 15) is 13.2 Å². The topological polar surface area (TPSA) is 89.7 Å². The minimum atomic E-state index is -3.51. The lowest BCUT2D eigenvalue weighted by molar-refractivity contribution is 0.0469. The van der Waals surface area contributed by atoms with Crippen molar-refractivity contribution in [3.05, 3.63) is 72.1 Å². The molecular weight excluding hydrogens is 368 g/mol. The van der Waals surface area contributed by atoms with Crippen molar-refractivity contribution in [1.29, 1.82) is 0 Å². The number of benzene rings is 2. The number of anilines is 1. The van der Waals surface area contributed by atoms with Crippen molar-refractivity contribution >= 4 is 21.7 Å². The number of hydrogen-bond acceptors (Lipinski definition) is 6. The zero-order valence-electron chi connectivity index (χ0n) is 14.8. The maximum atomic E-state index is 12.4. The van der Waals surface area contributed by atoms with Gasteiger partial charge in [-0.05, 0) is 24.3 Å². The Labute approximate surface area is 157 Å². The molecule has 0 radical (unpaired) electrons. The number of carbonyl (C=O) groups is 1. The van der Waals surface area contributed by atoms with E-state index in [2.05, 4.69) is 4.98 Å². The van der Waals surface area contributed by atoms with Gasteiger partial charge in [-0.15, -0.1) is 0 Å². The molecular formula is C19H18N2O5S. The van der Waals surface area contributed by atoms with Crippen LogP contribution in [-0.2, 0) is 21.4 Å². The van der Waals surface area contributed by atoms with E-state index in [1.165, 1.54) is 19.4 Å². The quantitative estimate of drug-likeness (QED) is 0.605. The molecule has 140 valence electrons. The van der Waals surface area contributed by atoms with Crippen molar-refractivity contribution in [2.75, 3.05) is 17.6 Å². The predicted octanol–water partition coefficient (Wildman–Crippen LogP) is 3.09. The third-order valence-corrected chi connectivity index (χ3v) is 5.08. The first-order valence-electron chi connectivity index (χ1n) is 8.06. The molecule has 0 aliphatic carbocycles. The van der Waals surface area contributed by atoms with Crippen LogP contribution in [0.15, 0.2) is 65.3 Å². The van der Waals surface area contributed by atoms with Crippen molar-refractivity contribution in [2.45, 2.75) is 6.61 Å². The summed E-state index contributed by atoms with van der Waals surface area (Å²) in [5, 5.41) is 0. The molecule has 1 heterocycles. The van der Waals surface area contributed by atoms with Crippen LogP contribution in [0.25, 0.3) is 11.5 Å². The zero-order valence-corrected chi connectivity index (χ0v) is 15.6. The highest BCUT2D eigenvalue weighted by molar-refractivity contribution is 7.92. The molecule has 0 saturated carbocycles. The summed E-state index contributed by atoms with van der Waals surface area (Å²) < 4.78 is 35.3. The SMILES string of the molecule is CN(c1ccccc1C(=O)OCc1coc(-c2ccccc2)n1)S(C)(=O)=O. The van der Waals surface area contributed by atoms with Crippen LogP contribution in [0.3, 0.4) is 0 Å². The number of sulfonamides is 1. The first-order valence-corrected chi connectivity index (χ1v) is 9.91. The Bertz CT molecular complexity index is 1040. The highest BCUT2D eigenvalue weighted by Gasteiger charge is 2.20. The molecule has 2 aromatic carbocycles. The fourth-order valence-corrected chi connectivity index (χ4v) is 2.92. The van der Waals surface area contributed by atoms with E-state index in [0.717, 1.165) is 16.1 Å². The van der Waals surface area contributed by atoms with Gasteiger partial charge in [0, 0.05) is 12.6 Å². The number of carbonyl (C=O) groups excluding carboxylic acids is 1. The number of esters is 1. The van der Waals surface area contributed by atoms with Crippen LogP contribution in [0.2, 0.25) is 0 Å². The minimum absolute atomic E-state index is 0.0912. The van der Waals surface area contributed by atoms with Crippen molar-refractivity contribution in [3.8, 4) is 11.5 Å². The molecule has 0 aliphatic rings. The zero-order chi connectivity index (χ0) is 19.4. The normalized spacial score (nSPS) is 11.2. The van der Waals surface area contributed by atoms with Gasteiger partial charge < -0.3 is 9.15 Å². The minimum Gasteiger partial charge on any atom is -0.455 e. The van der Waals surface area contributed by atoms with Crippen LogP contribution in [0.1, 0.15) is 16.1 Å². The van der Waals surface area contributed by atoms with E-state index in [-0.39, 0.29) is 17.9 Å². The molecule has 0 atom stereocenters. The lowest BCUT2D eigenvalue weighted by Crippen LogP contribution is -2.26. The number of oxazole rings is 1. The Morgan fingerprint density at radius 1 is 1.11 bits per heavy atom. The number of hydrogen-bond donors (Lipinski definition) is 0. The molecule has 0 spiro atoms. The number of ether oxygens (including phenoxy) is 1. The fourth-order valence-electron chi connectivity index (χ4n) is 2.40. The molecule has 0 unspecified atom stereocenters. The molecule has 3 rings (SSSR count). The van der Waals surface area contributed by atoms with Crippen LogP contribution in [0, 0.1) is 0 Å². The van der Waals surface area contributed by atoms with Crippen LogP contribution in [0.4, 0.5) is 5.69 Å². The van der Waals surface area contributed by atoms with Gasteiger partial charge in [0.25, 0.3) is 0 Å². The monoisotopic (exact) mass is 386 g/mol. The molecule has 0 bridgehead atoms. The Hall–Kier alpha value is -3.13. The molecule has 27 heavy (non-hydrogen) atoms. The largest absolute Gasteiger partial charge is 0.455 e. The summed E-state index contributed by atoms with van der Waals surface area (Å²) in [6.07, 6.45) is 2.49. The van der Waals surface area contributed by atoms with Gasteiger partial charge in [0.05, 0.1) is 17.5 Å². The summed E-state index contributed by atoms with van der Waals surface area (Å²) in [4.78, 5) is 16.7. The van der Waals surface area contributed by atoms with E-state index in [1.807, 2.05) is 30.3 Å². The highest BCUT2D eigenvalue weighted by atomic mass is 32.2. The number of para-hydroxylation sites is 1. The van der Waals surface area contributed by atoms with Crippen molar-refractivity contribution in [3.63, 3.8) is 0 Å². The second-order valence-corrected chi connectivity index (χ2v) is 7.85. The molecule has 1 aromatic heterocycles. The van der Waals surface area contributed by atoms with E-state index >= 15 is 0 Å². The number of nitrogens with zero attached hydrogens (tertiary/aromatic N) is 2. The number of rotatable bonds is 6. The Morgan fingerprint density at radius 3 is 2.48 bits per heavy atom. The smallest absolute Gasteiger partial charge is 0.340 e. The maximum absolute atomic E-state index is 12.4. The van der Waals surface area contributed by atoms with Crippen LogP contribution >= 0.6 is 0 Å². The van der Waals surface area contributed by atoms with Gasteiger partial charge in [-0.3, -0.25) is 4.31 Å². The summed E-state index contributed by atoms with van der Waals surface area (Å²) in [6, 6.07) is 15.7. The first kappa shape index (κ1) is 18.7. The lowest BCUT2D eigenvalue weighted by Gasteiger charge is -2.19. The highest BCUT2D eigenvalue weighted by Crippen LogP contribution is 2.23. The van der Waals surface area contributed by atoms with Crippen LogP contribution in [0.5, 0.6) is 0 Å². The molecule has 0 aliphatic heterocycles. The van der Waals surface area contributed by atoms with Gasteiger partial charge in [-0.2, -0.15) is 0 Å². The second kappa shape index (κ2) is 7.63.